The number of hydrogen-bond donors (Lipinski definition) is 2. The van der Waals surface area contributed by atoms with E-state index in [0.29, 0.717) is 24.2 Å². The molecule has 2 rings (SSSR count). The molecule has 0 fully saturated rings. The summed E-state index contributed by atoms with van der Waals surface area (Å²) in [4.78, 5) is 16.1. The van der Waals surface area contributed by atoms with Gasteiger partial charge in [0.25, 0.3) is 5.56 Å². The second-order valence-electron chi connectivity index (χ2n) is 3.46. The van der Waals surface area contributed by atoms with Crippen molar-refractivity contribution in [2.75, 3.05) is 6.54 Å². The normalized spacial score (nSPS) is 11.1. The van der Waals surface area contributed by atoms with E-state index in [2.05, 4.69) is 10.1 Å². The standard InChI is InChI=1S/C10H14N4O/c1-2-8-5-9-12-6-7(3-4-11)10(15)14(9)13-8/h5-6,13H,2-4,11H2,1H3. The van der Waals surface area contributed by atoms with Gasteiger partial charge in [0.05, 0.1) is 0 Å². The van der Waals surface area contributed by atoms with Crippen LogP contribution in [0.2, 0.25) is 0 Å². The minimum atomic E-state index is -0.0508. The van der Waals surface area contributed by atoms with E-state index in [1.807, 2.05) is 13.0 Å². The maximum Gasteiger partial charge on any atom is 0.275 e. The zero-order chi connectivity index (χ0) is 10.8. The summed E-state index contributed by atoms with van der Waals surface area (Å²) in [5.41, 5.74) is 7.69. The van der Waals surface area contributed by atoms with Gasteiger partial charge >= 0.3 is 0 Å². The average Bonchev–Trinajstić information content (AvgIpc) is 2.66. The maximum atomic E-state index is 11.9. The molecule has 2 aromatic rings. The van der Waals surface area contributed by atoms with E-state index in [-0.39, 0.29) is 5.56 Å². The van der Waals surface area contributed by atoms with Crippen LogP contribution in [0.4, 0.5) is 0 Å². The van der Waals surface area contributed by atoms with Crippen molar-refractivity contribution in [3.05, 3.63) is 33.9 Å². The van der Waals surface area contributed by atoms with Crippen molar-refractivity contribution in [1.82, 2.24) is 14.6 Å². The molecule has 80 valence electrons. The van der Waals surface area contributed by atoms with Crippen LogP contribution in [0.3, 0.4) is 0 Å². The van der Waals surface area contributed by atoms with Gasteiger partial charge in [-0.3, -0.25) is 9.89 Å². The number of nitrogens with two attached hydrogens (primary N) is 1. The largest absolute Gasteiger partial charge is 0.330 e. The lowest BCUT2D eigenvalue weighted by atomic mass is 10.2. The maximum absolute atomic E-state index is 11.9. The molecule has 0 atom stereocenters. The van der Waals surface area contributed by atoms with Gasteiger partial charge < -0.3 is 5.73 Å². The van der Waals surface area contributed by atoms with Crippen LogP contribution in [0.15, 0.2) is 17.1 Å². The number of aryl methyl sites for hydroxylation is 1. The van der Waals surface area contributed by atoms with Crippen molar-refractivity contribution in [2.24, 2.45) is 5.73 Å². The third kappa shape index (κ3) is 1.66. The van der Waals surface area contributed by atoms with Crippen LogP contribution in [0.1, 0.15) is 18.2 Å². The average molecular weight is 206 g/mol. The van der Waals surface area contributed by atoms with Crippen molar-refractivity contribution in [3.63, 3.8) is 0 Å². The summed E-state index contributed by atoms with van der Waals surface area (Å²) in [6.45, 7) is 2.49. The van der Waals surface area contributed by atoms with Crippen LogP contribution in [-0.4, -0.2) is 21.1 Å². The second-order valence-corrected chi connectivity index (χ2v) is 3.46. The first-order valence-corrected chi connectivity index (χ1v) is 5.05. The van der Waals surface area contributed by atoms with E-state index in [9.17, 15) is 4.79 Å². The molecule has 0 radical (unpaired) electrons. The van der Waals surface area contributed by atoms with Gasteiger partial charge in [0.1, 0.15) is 0 Å². The number of fused-ring (bicyclic) bond motifs is 1. The zero-order valence-electron chi connectivity index (χ0n) is 8.66. The Morgan fingerprint density at radius 2 is 2.40 bits per heavy atom. The molecule has 0 unspecified atom stereocenters. The fraction of sp³-hybridized carbons (Fsp3) is 0.400. The molecule has 0 amide bonds. The topological polar surface area (TPSA) is 76.2 Å². The van der Waals surface area contributed by atoms with Gasteiger partial charge in [-0.2, -0.15) is 0 Å². The SMILES string of the molecule is CCc1cc2ncc(CCN)c(=O)n2[nH]1. The Morgan fingerprint density at radius 3 is 3.07 bits per heavy atom. The lowest BCUT2D eigenvalue weighted by Gasteiger charge is -1.97. The second kappa shape index (κ2) is 3.86. The molecule has 3 N–H and O–H groups in total. The summed E-state index contributed by atoms with van der Waals surface area (Å²) >= 11 is 0. The first-order chi connectivity index (χ1) is 7.26. The van der Waals surface area contributed by atoms with Crippen molar-refractivity contribution < 1.29 is 0 Å². The van der Waals surface area contributed by atoms with Gasteiger partial charge in [0.2, 0.25) is 0 Å². The third-order valence-electron chi connectivity index (χ3n) is 2.41. The number of H-pyrrole nitrogens is 1. The molecular weight excluding hydrogens is 192 g/mol. The molecule has 0 aliphatic rings. The van der Waals surface area contributed by atoms with Crippen LogP contribution >= 0.6 is 0 Å². The van der Waals surface area contributed by atoms with Crippen LogP contribution < -0.4 is 11.3 Å². The molecule has 0 bridgehead atoms. The molecule has 5 nitrogen and oxygen atoms in total. The lowest BCUT2D eigenvalue weighted by molar-refractivity contribution is 0.825. The summed E-state index contributed by atoms with van der Waals surface area (Å²) in [6, 6.07) is 1.88. The van der Waals surface area contributed by atoms with Gasteiger partial charge in [0, 0.05) is 23.5 Å². The summed E-state index contributed by atoms with van der Waals surface area (Å²) < 4.78 is 1.48. The van der Waals surface area contributed by atoms with Crippen molar-refractivity contribution >= 4 is 5.65 Å². The molecule has 0 aromatic carbocycles. The highest BCUT2D eigenvalue weighted by Crippen LogP contribution is 2.02. The Balaban J connectivity index is 2.62. The van der Waals surface area contributed by atoms with Crippen LogP contribution in [0.25, 0.3) is 5.65 Å². The van der Waals surface area contributed by atoms with E-state index >= 15 is 0 Å². The number of rotatable bonds is 3. The van der Waals surface area contributed by atoms with E-state index in [1.54, 1.807) is 6.20 Å². The smallest absolute Gasteiger partial charge is 0.275 e. The summed E-state index contributed by atoms with van der Waals surface area (Å²) in [5.74, 6) is 0. The highest BCUT2D eigenvalue weighted by atomic mass is 16.1. The molecule has 0 saturated carbocycles. The van der Waals surface area contributed by atoms with E-state index < -0.39 is 0 Å². The predicted octanol–water partition coefficient (Wildman–Crippen LogP) is 0.0862. The number of nitrogens with one attached hydrogen (secondary N) is 1. The number of aromatic nitrogens is 3. The fourth-order valence-corrected chi connectivity index (χ4v) is 1.55. The first kappa shape index (κ1) is 9.92. The van der Waals surface area contributed by atoms with Crippen molar-refractivity contribution in [2.45, 2.75) is 19.8 Å². The first-order valence-electron chi connectivity index (χ1n) is 5.05. The minimum Gasteiger partial charge on any atom is -0.330 e. The van der Waals surface area contributed by atoms with Gasteiger partial charge in [-0.15, -0.1) is 0 Å². The van der Waals surface area contributed by atoms with E-state index in [1.165, 1.54) is 4.52 Å². The molecule has 0 aliphatic carbocycles. The van der Waals surface area contributed by atoms with Gasteiger partial charge in [0.15, 0.2) is 5.65 Å². The Morgan fingerprint density at radius 1 is 1.60 bits per heavy atom. The molecule has 0 aliphatic heterocycles. The molecule has 0 spiro atoms. The molecule has 15 heavy (non-hydrogen) atoms. The molecule has 2 aromatic heterocycles. The minimum absolute atomic E-state index is 0.0508. The third-order valence-corrected chi connectivity index (χ3v) is 2.41. The molecular formula is C10H14N4O. The highest BCUT2D eigenvalue weighted by Gasteiger charge is 2.06. The summed E-state index contributed by atoms with van der Waals surface area (Å²) in [6.07, 6.45) is 3.03. The van der Waals surface area contributed by atoms with E-state index in [4.69, 9.17) is 5.73 Å². The van der Waals surface area contributed by atoms with Crippen molar-refractivity contribution in [3.8, 4) is 0 Å². The molecule has 0 saturated heterocycles. The zero-order valence-corrected chi connectivity index (χ0v) is 8.66. The van der Waals surface area contributed by atoms with Gasteiger partial charge in [-0.05, 0) is 19.4 Å². The van der Waals surface area contributed by atoms with Crippen LogP contribution in [-0.2, 0) is 12.8 Å². The monoisotopic (exact) mass is 206 g/mol. The summed E-state index contributed by atoms with van der Waals surface area (Å²) in [7, 11) is 0. The Labute approximate surface area is 86.9 Å². The van der Waals surface area contributed by atoms with E-state index in [0.717, 1.165) is 12.1 Å². The fourth-order valence-electron chi connectivity index (χ4n) is 1.55. The van der Waals surface area contributed by atoms with Crippen LogP contribution in [0.5, 0.6) is 0 Å². The van der Waals surface area contributed by atoms with Gasteiger partial charge in [-0.1, -0.05) is 6.92 Å². The lowest BCUT2D eigenvalue weighted by Crippen LogP contribution is -2.21. The Kier molecular flexibility index (Phi) is 2.55. The van der Waals surface area contributed by atoms with Crippen molar-refractivity contribution in [1.29, 1.82) is 0 Å². The Bertz CT molecular complexity index is 526. The summed E-state index contributed by atoms with van der Waals surface area (Å²) in [5, 5.41) is 3.01. The number of nitrogens with zero attached hydrogens (tertiary/aromatic N) is 2. The molecule has 2 heterocycles. The van der Waals surface area contributed by atoms with Crippen LogP contribution in [0, 0.1) is 0 Å². The van der Waals surface area contributed by atoms with Gasteiger partial charge in [-0.25, -0.2) is 9.50 Å². The molecule has 5 heteroatoms. The number of hydrogen-bond acceptors (Lipinski definition) is 3. The Hall–Kier alpha value is -1.62. The number of aromatic amines is 1. The quantitative estimate of drug-likeness (QED) is 0.747. The highest BCUT2D eigenvalue weighted by molar-refractivity contribution is 5.39. The predicted molar refractivity (Wildman–Crippen MR) is 57.9 cm³/mol.